The molecule has 0 spiro atoms. The Labute approximate surface area is 109 Å². The molecule has 2 nitrogen and oxygen atoms in total. The monoisotopic (exact) mass is 243 g/mol. The Hall–Kier alpha value is -0.0800. The average Bonchev–Trinajstić information content (AvgIpc) is 2.26. The summed E-state index contributed by atoms with van der Waals surface area (Å²) < 4.78 is 5.32. The van der Waals surface area contributed by atoms with Gasteiger partial charge in [-0.05, 0) is 51.0 Å². The molecular weight excluding hydrogens is 210 g/mol. The Morgan fingerprint density at radius 1 is 1.12 bits per heavy atom. The maximum atomic E-state index is 5.32. The van der Waals surface area contributed by atoms with E-state index in [-0.39, 0.29) is 0 Å². The van der Waals surface area contributed by atoms with E-state index in [1.807, 2.05) is 0 Å². The van der Waals surface area contributed by atoms with Gasteiger partial charge < -0.3 is 10.1 Å². The molecular formula is C15H33NO. The summed E-state index contributed by atoms with van der Waals surface area (Å²) in [5.41, 5.74) is 0.443. The lowest BCUT2D eigenvalue weighted by molar-refractivity contribution is 0.105. The van der Waals surface area contributed by atoms with Gasteiger partial charge in [-0.25, -0.2) is 0 Å². The molecule has 17 heavy (non-hydrogen) atoms. The molecule has 0 heterocycles. The normalized spacial score (nSPS) is 15.9. The Bertz CT molecular complexity index is 174. The third kappa shape index (κ3) is 10.8. The summed E-state index contributed by atoms with van der Waals surface area (Å²) in [7, 11) is 1.80. The maximum Gasteiger partial charge on any atom is 0.0543 e. The van der Waals surface area contributed by atoms with Crippen LogP contribution >= 0.6 is 0 Å². The molecule has 2 unspecified atom stereocenters. The van der Waals surface area contributed by atoms with Crippen molar-refractivity contribution in [2.75, 3.05) is 13.7 Å². The molecule has 0 bridgehead atoms. The summed E-state index contributed by atoms with van der Waals surface area (Å²) in [6, 6.07) is 0.659. The first-order valence-corrected chi connectivity index (χ1v) is 7.15. The second-order valence-electron chi connectivity index (χ2n) is 6.37. The highest BCUT2D eigenvalue weighted by atomic mass is 16.5. The van der Waals surface area contributed by atoms with Crippen molar-refractivity contribution in [1.29, 1.82) is 0 Å². The van der Waals surface area contributed by atoms with Gasteiger partial charge >= 0.3 is 0 Å². The van der Waals surface area contributed by atoms with Crippen molar-refractivity contribution in [3.8, 4) is 0 Å². The van der Waals surface area contributed by atoms with Gasteiger partial charge in [0.15, 0.2) is 0 Å². The number of rotatable bonds is 9. The minimum absolute atomic E-state index is 0.385. The Kier molecular flexibility index (Phi) is 8.89. The molecule has 0 amide bonds. The van der Waals surface area contributed by atoms with Crippen LogP contribution in [-0.2, 0) is 4.74 Å². The molecule has 0 aliphatic heterocycles. The first-order valence-electron chi connectivity index (χ1n) is 7.15. The van der Waals surface area contributed by atoms with Crippen molar-refractivity contribution in [3.63, 3.8) is 0 Å². The summed E-state index contributed by atoms with van der Waals surface area (Å²) in [6.45, 7) is 12.5. The van der Waals surface area contributed by atoms with Gasteiger partial charge in [0.2, 0.25) is 0 Å². The highest BCUT2D eigenvalue weighted by Crippen LogP contribution is 2.23. The number of hydrogen-bond acceptors (Lipinski definition) is 2. The fraction of sp³-hybridized carbons (Fsp3) is 1.00. The molecule has 2 atom stereocenters. The van der Waals surface area contributed by atoms with Gasteiger partial charge in [-0.3, -0.25) is 0 Å². The van der Waals surface area contributed by atoms with E-state index in [1.165, 1.54) is 25.7 Å². The van der Waals surface area contributed by atoms with E-state index in [0.29, 0.717) is 17.6 Å². The molecule has 0 aliphatic carbocycles. The maximum absolute atomic E-state index is 5.32. The van der Waals surface area contributed by atoms with Crippen molar-refractivity contribution in [2.24, 2.45) is 5.41 Å². The summed E-state index contributed by atoms with van der Waals surface area (Å²) >= 11 is 0. The van der Waals surface area contributed by atoms with Crippen LogP contribution in [0.25, 0.3) is 0 Å². The summed E-state index contributed by atoms with van der Waals surface area (Å²) in [5, 5.41) is 3.67. The van der Waals surface area contributed by atoms with E-state index in [1.54, 1.807) is 7.11 Å². The molecule has 0 saturated carbocycles. The van der Waals surface area contributed by atoms with E-state index in [0.717, 1.165) is 13.0 Å². The van der Waals surface area contributed by atoms with Crippen LogP contribution in [0.2, 0.25) is 0 Å². The summed E-state index contributed by atoms with van der Waals surface area (Å²) in [4.78, 5) is 0. The van der Waals surface area contributed by atoms with Crippen LogP contribution in [-0.4, -0.2) is 25.8 Å². The zero-order chi connectivity index (χ0) is 13.3. The van der Waals surface area contributed by atoms with Crippen molar-refractivity contribution >= 4 is 0 Å². The molecule has 1 N–H and O–H groups in total. The van der Waals surface area contributed by atoms with Crippen LogP contribution in [0.15, 0.2) is 0 Å². The second-order valence-corrected chi connectivity index (χ2v) is 6.37. The first kappa shape index (κ1) is 16.9. The first-order chi connectivity index (χ1) is 7.89. The molecule has 0 aromatic heterocycles. The van der Waals surface area contributed by atoms with Gasteiger partial charge in [0, 0.05) is 13.2 Å². The van der Waals surface area contributed by atoms with Crippen LogP contribution in [0.3, 0.4) is 0 Å². The molecule has 0 fully saturated rings. The van der Waals surface area contributed by atoms with Gasteiger partial charge in [-0.2, -0.15) is 0 Å². The van der Waals surface area contributed by atoms with Crippen molar-refractivity contribution in [1.82, 2.24) is 5.32 Å². The molecule has 0 radical (unpaired) electrons. The Morgan fingerprint density at radius 3 is 2.24 bits per heavy atom. The fourth-order valence-electron chi connectivity index (χ4n) is 1.86. The standard InChI is InChI=1S/C15H33NO/c1-7-12-16-14(9-8-13(2)17-6)10-11-15(3,4)5/h13-14,16H,7-12H2,1-6H3. The summed E-state index contributed by atoms with van der Waals surface area (Å²) in [5.74, 6) is 0. The lowest BCUT2D eigenvalue weighted by Crippen LogP contribution is -2.31. The van der Waals surface area contributed by atoms with Crippen molar-refractivity contribution in [2.45, 2.75) is 78.9 Å². The van der Waals surface area contributed by atoms with Gasteiger partial charge in [0.05, 0.1) is 6.10 Å². The predicted molar refractivity (Wildman–Crippen MR) is 76.5 cm³/mol. The van der Waals surface area contributed by atoms with E-state index >= 15 is 0 Å². The zero-order valence-electron chi connectivity index (χ0n) is 12.8. The largest absolute Gasteiger partial charge is 0.382 e. The Morgan fingerprint density at radius 2 is 1.76 bits per heavy atom. The summed E-state index contributed by atoms with van der Waals surface area (Å²) in [6.07, 6.45) is 6.55. The Balaban J connectivity index is 3.95. The number of hydrogen-bond donors (Lipinski definition) is 1. The van der Waals surface area contributed by atoms with Gasteiger partial charge in [-0.1, -0.05) is 27.7 Å². The highest BCUT2D eigenvalue weighted by Gasteiger charge is 2.15. The van der Waals surface area contributed by atoms with E-state index in [4.69, 9.17) is 4.74 Å². The minimum atomic E-state index is 0.385. The molecule has 0 aromatic rings. The zero-order valence-corrected chi connectivity index (χ0v) is 12.8. The van der Waals surface area contributed by atoms with Crippen LogP contribution < -0.4 is 5.32 Å². The molecule has 0 aromatic carbocycles. The molecule has 2 heteroatoms. The van der Waals surface area contributed by atoms with Crippen LogP contribution in [0.1, 0.15) is 66.7 Å². The number of ether oxygens (including phenoxy) is 1. The lowest BCUT2D eigenvalue weighted by Gasteiger charge is -2.25. The SMILES string of the molecule is CCCNC(CCC(C)OC)CCC(C)(C)C. The molecule has 0 aliphatic rings. The fourth-order valence-corrected chi connectivity index (χ4v) is 1.86. The number of nitrogens with one attached hydrogen (secondary N) is 1. The second kappa shape index (κ2) is 8.93. The average molecular weight is 243 g/mol. The topological polar surface area (TPSA) is 21.3 Å². The van der Waals surface area contributed by atoms with E-state index in [9.17, 15) is 0 Å². The van der Waals surface area contributed by atoms with Crippen LogP contribution in [0, 0.1) is 5.41 Å². The highest BCUT2D eigenvalue weighted by molar-refractivity contribution is 4.72. The van der Waals surface area contributed by atoms with Gasteiger partial charge in [0.1, 0.15) is 0 Å². The molecule has 0 rings (SSSR count). The van der Waals surface area contributed by atoms with Crippen molar-refractivity contribution < 1.29 is 4.74 Å². The van der Waals surface area contributed by atoms with E-state index < -0.39 is 0 Å². The lowest BCUT2D eigenvalue weighted by atomic mass is 9.87. The van der Waals surface area contributed by atoms with Gasteiger partial charge in [-0.15, -0.1) is 0 Å². The molecule has 104 valence electrons. The van der Waals surface area contributed by atoms with Crippen molar-refractivity contribution in [3.05, 3.63) is 0 Å². The van der Waals surface area contributed by atoms with Crippen LogP contribution in [0.4, 0.5) is 0 Å². The number of methoxy groups -OCH3 is 1. The quantitative estimate of drug-likeness (QED) is 0.661. The molecule has 0 saturated heterocycles. The van der Waals surface area contributed by atoms with Crippen LogP contribution in [0.5, 0.6) is 0 Å². The third-order valence-corrected chi connectivity index (χ3v) is 3.25. The minimum Gasteiger partial charge on any atom is -0.382 e. The third-order valence-electron chi connectivity index (χ3n) is 3.25. The van der Waals surface area contributed by atoms with E-state index in [2.05, 4.69) is 39.9 Å². The smallest absolute Gasteiger partial charge is 0.0543 e. The predicted octanol–water partition coefficient (Wildman–Crippen LogP) is 4.00. The van der Waals surface area contributed by atoms with Gasteiger partial charge in [0.25, 0.3) is 0 Å².